The second-order valence-corrected chi connectivity index (χ2v) is 7.84. The van der Waals surface area contributed by atoms with Gasteiger partial charge in [-0.3, -0.25) is 0 Å². The summed E-state index contributed by atoms with van der Waals surface area (Å²) in [7, 11) is -2.78. The summed E-state index contributed by atoms with van der Waals surface area (Å²) in [5.74, 6) is 2.03. The molecule has 0 amide bonds. The lowest BCUT2D eigenvalue weighted by Gasteiger charge is -2.26. The van der Waals surface area contributed by atoms with Gasteiger partial charge in [0.25, 0.3) is 0 Å². The molecule has 1 fully saturated rings. The van der Waals surface area contributed by atoms with Crippen molar-refractivity contribution in [1.29, 1.82) is 0 Å². The van der Waals surface area contributed by atoms with Gasteiger partial charge in [-0.1, -0.05) is 6.92 Å². The quantitative estimate of drug-likeness (QED) is 0.810. The standard InChI is InChI=1S/C14H25NO3S/c1-2-7-15-13(14-5-3-4-8-18-14)10-12-6-9-19(16,17)11-12/h5,12-13,15H,2-4,6-11H2,1H3. The van der Waals surface area contributed by atoms with Gasteiger partial charge in [-0.25, -0.2) is 8.42 Å². The third-order valence-corrected chi connectivity index (χ3v) is 5.68. The molecule has 1 saturated heterocycles. The summed E-state index contributed by atoms with van der Waals surface area (Å²) in [6, 6.07) is 0.193. The normalized spacial score (nSPS) is 27.6. The van der Waals surface area contributed by atoms with Crippen LogP contribution in [0.2, 0.25) is 0 Å². The summed E-state index contributed by atoms with van der Waals surface area (Å²) in [6.45, 7) is 3.88. The lowest BCUT2D eigenvalue weighted by Crippen LogP contribution is -2.35. The molecular formula is C14H25NO3S. The SMILES string of the molecule is CCCNC(CC1CCS(=O)(=O)C1)C1=CCCCO1. The number of hydrogen-bond acceptors (Lipinski definition) is 4. The molecule has 0 aliphatic carbocycles. The number of allylic oxidation sites excluding steroid dienone is 1. The van der Waals surface area contributed by atoms with Crippen molar-refractivity contribution in [3.63, 3.8) is 0 Å². The second kappa shape index (κ2) is 6.75. The van der Waals surface area contributed by atoms with Crippen LogP contribution < -0.4 is 5.32 Å². The van der Waals surface area contributed by atoms with Crippen molar-refractivity contribution in [1.82, 2.24) is 5.32 Å². The van der Waals surface area contributed by atoms with Gasteiger partial charge in [0.2, 0.25) is 0 Å². The largest absolute Gasteiger partial charge is 0.497 e. The number of ether oxygens (including phenoxy) is 1. The molecule has 2 aliphatic heterocycles. The Labute approximate surface area is 116 Å². The Kier molecular flexibility index (Phi) is 5.28. The first-order valence-electron chi connectivity index (χ1n) is 7.37. The topological polar surface area (TPSA) is 55.4 Å². The molecule has 5 heteroatoms. The van der Waals surface area contributed by atoms with E-state index in [9.17, 15) is 8.42 Å². The minimum absolute atomic E-state index is 0.193. The van der Waals surface area contributed by atoms with Crippen LogP contribution in [-0.2, 0) is 14.6 Å². The van der Waals surface area contributed by atoms with Gasteiger partial charge in [-0.05, 0) is 50.6 Å². The maximum Gasteiger partial charge on any atom is 0.150 e. The molecule has 2 aliphatic rings. The van der Waals surface area contributed by atoms with E-state index in [4.69, 9.17) is 4.74 Å². The Hall–Kier alpha value is -0.550. The van der Waals surface area contributed by atoms with Crippen LogP contribution in [0.15, 0.2) is 11.8 Å². The van der Waals surface area contributed by atoms with E-state index < -0.39 is 9.84 Å². The van der Waals surface area contributed by atoms with Crippen LogP contribution in [0.3, 0.4) is 0 Å². The molecule has 1 N–H and O–H groups in total. The average Bonchev–Trinajstić information content (AvgIpc) is 2.75. The third-order valence-electron chi connectivity index (χ3n) is 3.84. The molecule has 2 rings (SSSR count). The zero-order valence-electron chi connectivity index (χ0n) is 11.7. The van der Waals surface area contributed by atoms with Crippen LogP contribution in [0.5, 0.6) is 0 Å². The molecule has 2 unspecified atom stereocenters. The molecule has 2 heterocycles. The van der Waals surface area contributed by atoms with E-state index >= 15 is 0 Å². The van der Waals surface area contributed by atoms with E-state index in [2.05, 4.69) is 18.3 Å². The maximum absolute atomic E-state index is 11.5. The van der Waals surface area contributed by atoms with Crippen molar-refractivity contribution >= 4 is 9.84 Å². The highest BCUT2D eigenvalue weighted by Gasteiger charge is 2.31. The van der Waals surface area contributed by atoms with E-state index in [0.29, 0.717) is 11.5 Å². The first kappa shape index (κ1) is 14.9. The summed E-state index contributed by atoms with van der Waals surface area (Å²) in [5.41, 5.74) is 0. The van der Waals surface area contributed by atoms with E-state index in [1.54, 1.807) is 0 Å². The molecule has 0 bridgehead atoms. The fourth-order valence-electron chi connectivity index (χ4n) is 2.83. The summed E-state index contributed by atoms with van der Waals surface area (Å²) < 4.78 is 28.8. The second-order valence-electron chi connectivity index (χ2n) is 5.61. The lowest BCUT2D eigenvalue weighted by molar-refractivity contribution is 0.160. The van der Waals surface area contributed by atoms with E-state index in [0.717, 1.165) is 51.0 Å². The first-order valence-corrected chi connectivity index (χ1v) is 9.19. The summed E-state index contributed by atoms with van der Waals surface area (Å²) in [6.07, 6.45) is 7.09. The molecule has 0 aromatic heterocycles. The van der Waals surface area contributed by atoms with Crippen molar-refractivity contribution < 1.29 is 13.2 Å². The van der Waals surface area contributed by atoms with Gasteiger partial charge in [-0.2, -0.15) is 0 Å². The third kappa shape index (κ3) is 4.49. The van der Waals surface area contributed by atoms with Gasteiger partial charge in [0.1, 0.15) is 5.76 Å². The number of sulfone groups is 1. The fourth-order valence-corrected chi connectivity index (χ4v) is 4.71. The van der Waals surface area contributed by atoms with Crippen molar-refractivity contribution in [2.75, 3.05) is 24.7 Å². The van der Waals surface area contributed by atoms with Crippen LogP contribution in [0, 0.1) is 5.92 Å². The van der Waals surface area contributed by atoms with Crippen LogP contribution in [0.1, 0.15) is 39.0 Å². The van der Waals surface area contributed by atoms with Crippen LogP contribution >= 0.6 is 0 Å². The number of nitrogens with one attached hydrogen (secondary N) is 1. The average molecular weight is 287 g/mol. The minimum atomic E-state index is -2.78. The van der Waals surface area contributed by atoms with E-state index in [1.165, 1.54) is 0 Å². The Bertz CT molecular complexity index is 416. The van der Waals surface area contributed by atoms with Crippen molar-refractivity contribution in [3.8, 4) is 0 Å². The Morgan fingerprint density at radius 1 is 1.53 bits per heavy atom. The Morgan fingerprint density at radius 2 is 2.37 bits per heavy atom. The van der Waals surface area contributed by atoms with Gasteiger partial charge >= 0.3 is 0 Å². The summed E-state index contributed by atoms with van der Waals surface area (Å²) in [5, 5.41) is 3.51. The van der Waals surface area contributed by atoms with Crippen LogP contribution in [0.25, 0.3) is 0 Å². The van der Waals surface area contributed by atoms with Crippen molar-refractivity contribution in [3.05, 3.63) is 11.8 Å². The van der Waals surface area contributed by atoms with Crippen molar-refractivity contribution in [2.24, 2.45) is 5.92 Å². The molecule has 0 aromatic carbocycles. The molecule has 0 aromatic rings. The highest BCUT2D eigenvalue weighted by Crippen LogP contribution is 2.26. The highest BCUT2D eigenvalue weighted by atomic mass is 32.2. The number of hydrogen-bond donors (Lipinski definition) is 1. The predicted molar refractivity (Wildman–Crippen MR) is 76.7 cm³/mol. The van der Waals surface area contributed by atoms with Crippen LogP contribution in [0.4, 0.5) is 0 Å². The molecule has 19 heavy (non-hydrogen) atoms. The number of rotatable bonds is 6. The monoisotopic (exact) mass is 287 g/mol. The summed E-state index contributed by atoms with van der Waals surface area (Å²) in [4.78, 5) is 0. The van der Waals surface area contributed by atoms with Gasteiger partial charge < -0.3 is 10.1 Å². The minimum Gasteiger partial charge on any atom is -0.497 e. The molecule has 2 atom stereocenters. The predicted octanol–water partition coefficient (Wildman–Crippen LogP) is 1.87. The zero-order valence-corrected chi connectivity index (χ0v) is 12.5. The fraction of sp³-hybridized carbons (Fsp3) is 0.857. The zero-order chi connectivity index (χ0) is 13.7. The molecule has 0 spiro atoms. The van der Waals surface area contributed by atoms with Crippen molar-refractivity contribution in [2.45, 2.75) is 45.1 Å². The molecule has 0 radical (unpaired) electrons. The first-order chi connectivity index (χ1) is 9.11. The summed E-state index contributed by atoms with van der Waals surface area (Å²) >= 11 is 0. The van der Waals surface area contributed by atoms with Crippen LogP contribution in [-0.4, -0.2) is 39.1 Å². The molecule has 110 valence electrons. The van der Waals surface area contributed by atoms with E-state index in [-0.39, 0.29) is 12.0 Å². The Morgan fingerprint density at radius 3 is 2.95 bits per heavy atom. The molecule has 4 nitrogen and oxygen atoms in total. The molecular weight excluding hydrogens is 262 g/mol. The van der Waals surface area contributed by atoms with Gasteiger partial charge in [-0.15, -0.1) is 0 Å². The van der Waals surface area contributed by atoms with Gasteiger partial charge in [0, 0.05) is 0 Å². The van der Waals surface area contributed by atoms with E-state index in [1.807, 2.05) is 0 Å². The van der Waals surface area contributed by atoms with Gasteiger partial charge in [0.05, 0.1) is 24.2 Å². The lowest BCUT2D eigenvalue weighted by atomic mass is 9.97. The smallest absolute Gasteiger partial charge is 0.150 e. The molecule has 0 saturated carbocycles. The maximum atomic E-state index is 11.5. The highest BCUT2D eigenvalue weighted by molar-refractivity contribution is 7.91. The Balaban J connectivity index is 1.95. The van der Waals surface area contributed by atoms with Gasteiger partial charge in [0.15, 0.2) is 9.84 Å².